The quantitative estimate of drug-likeness (QED) is 0.627. The van der Waals surface area contributed by atoms with Crippen molar-refractivity contribution in [3.8, 4) is 11.6 Å². The maximum atomic E-state index is 13.7. The van der Waals surface area contributed by atoms with Gasteiger partial charge in [0.05, 0.1) is 12.8 Å². The number of nitrogens with zero attached hydrogens (tertiary/aromatic N) is 2. The van der Waals surface area contributed by atoms with Crippen molar-refractivity contribution in [1.29, 1.82) is 0 Å². The number of carbonyl (C=O) groups is 1. The van der Waals surface area contributed by atoms with Crippen molar-refractivity contribution in [3.05, 3.63) is 71.8 Å². The summed E-state index contributed by atoms with van der Waals surface area (Å²) in [6.45, 7) is -0.296. The molecule has 8 heteroatoms. The van der Waals surface area contributed by atoms with Gasteiger partial charge in [0.25, 0.3) is 5.91 Å². The van der Waals surface area contributed by atoms with Crippen LogP contribution in [0, 0.1) is 5.82 Å². The normalized spacial score (nSPS) is 10.5. The number of aliphatic hydroxyl groups excluding tert-OH is 1. The van der Waals surface area contributed by atoms with Crippen LogP contribution in [0.4, 0.5) is 10.2 Å². The number of ether oxygens (including phenoxy) is 1. The molecular weight excluding hydrogens is 369 g/mol. The molecule has 1 aromatic carbocycles. The second-order valence-electron chi connectivity index (χ2n) is 5.41. The Balaban J connectivity index is 1.90. The summed E-state index contributed by atoms with van der Waals surface area (Å²) in [6.07, 6.45) is 4.38. The van der Waals surface area contributed by atoms with Crippen LogP contribution >= 0.6 is 11.8 Å². The summed E-state index contributed by atoms with van der Waals surface area (Å²) in [5.41, 5.74) is 0.351. The number of halogens is 1. The van der Waals surface area contributed by atoms with Crippen molar-refractivity contribution < 1.29 is 19.0 Å². The number of hydrogen-bond acceptors (Lipinski definition) is 6. The van der Waals surface area contributed by atoms with Gasteiger partial charge in [0, 0.05) is 16.7 Å². The molecular formula is C19H16FN3O3S. The molecule has 2 aromatic heterocycles. The van der Waals surface area contributed by atoms with Crippen LogP contribution in [0.3, 0.4) is 0 Å². The van der Waals surface area contributed by atoms with Crippen LogP contribution in [-0.4, -0.2) is 27.2 Å². The molecule has 0 unspecified atom stereocenters. The lowest BCUT2D eigenvalue weighted by Gasteiger charge is -2.12. The highest BCUT2D eigenvalue weighted by Gasteiger charge is 2.18. The molecule has 3 aromatic rings. The molecule has 27 heavy (non-hydrogen) atoms. The smallest absolute Gasteiger partial charge is 0.262 e. The van der Waals surface area contributed by atoms with E-state index in [1.807, 2.05) is 18.4 Å². The Bertz CT molecular complexity index is 968. The van der Waals surface area contributed by atoms with Gasteiger partial charge in [0.2, 0.25) is 5.88 Å². The van der Waals surface area contributed by atoms with Crippen LogP contribution in [0.15, 0.2) is 59.8 Å². The highest BCUT2D eigenvalue weighted by atomic mass is 32.2. The molecule has 0 radical (unpaired) electrons. The molecule has 138 valence electrons. The second kappa shape index (κ2) is 8.61. The van der Waals surface area contributed by atoms with Crippen molar-refractivity contribution in [2.45, 2.75) is 11.5 Å². The van der Waals surface area contributed by atoms with Gasteiger partial charge < -0.3 is 15.2 Å². The van der Waals surface area contributed by atoms with E-state index >= 15 is 0 Å². The highest BCUT2D eigenvalue weighted by molar-refractivity contribution is 7.98. The molecule has 0 bridgehead atoms. The minimum Gasteiger partial charge on any atom is -0.438 e. The zero-order valence-electron chi connectivity index (χ0n) is 14.3. The number of pyridine rings is 2. The molecule has 6 nitrogen and oxygen atoms in total. The fourth-order valence-corrected chi connectivity index (χ4v) is 2.75. The molecule has 0 aliphatic heterocycles. The Morgan fingerprint density at radius 2 is 2.11 bits per heavy atom. The minimum atomic E-state index is -0.672. The molecule has 2 N–H and O–H groups in total. The maximum absolute atomic E-state index is 13.7. The number of aliphatic hydroxyl groups is 1. The molecule has 0 saturated carbocycles. The van der Waals surface area contributed by atoms with Crippen LogP contribution in [0.1, 0.15) is 15.9 Å². The van der Waals surface area contributed by atoms with Crippen molar-refractivity contribution in [3.63, 3.8) is 0 Å². The number of thioether (sulfide) groups is 1. The van der Waals surface area contributed by atoms with Gasteiger partial charge in [-0.1, -0.05) is 12.1 Å². The molecule has 2 heterocycles. The molecule has 3 rings (SSSR count). The first kappa shape index (κ1) is 18.8. The van der Waals surface area contributed by atoms with Gasteiger partial charge in [-0.2, -0.15) is 0 Å². The van der Waals surface area contributed by atoms with Gasteiger partial charge in [0.1, 0.15) is 22.9 Å². The molecule has 0 fully saturated rings. The lowest BCUT2D eigenvalue weighted by Crippen LogP contribution is -2.16. The largest absolute Gasteiger partial charge is 0.438 e. The summed E-state index contributed by atoms with van der Waals surface area (Å²) < 4.78 is 19.4. The molecule has 0 aliphatic carbocycles. The van der Waals surface area contributed by atoms with E-state index in [-0.39, 0.29) is 23.9 Å². The van der Waals surface area contributed by atoms with Gasteiger partial charge in [-0.25, -0.2) is 14.4 Å². The van der Waals surface area contributed by atoms with Crippen LogP contribution < -0.4 is 10.1 Å². The van der Waals surface area contributed by atoms with E-state index in [0.717, 1.165) is 17.2 Å². The van der Waals surface area contributed by atoms with E-state index < -0.39 is 11.7 Å². The minimum absolute atomic E-state index is 0.0337. The summed E-state index contributed by atoms with van der Waals surface area (Å²) in [6, 6.07) is 11.5. The lowest BCUT2D eigenvalue weighted by molar-refractivity contribution is 0.102. The van der Waals surface area contributed by atoms with Crippen molar-refractivity contribution in [1.82, 2.24) is 9.97 Å². The van der Waals surface area contributed by atoms with Crippen LogP contribution in [0.5, 0.6) is 11.6 Å². The third-order valence-corrected chi connectivity index (χ3v) is 4.34. The van der Waals surface area contributed by atoms with Crippen LogP contribution in [-0.2, 0) is 6.61 Å². The summed E-state index contributed by atoms with van der Waals surface area (Å²) >= 11 is 1.54. The predicted octanol–water partition coefficient (Wildman–Crippen LogP) is 3.87. The fourth-order valence-electron chi connectivity index (χ4n) is 2.30. The summed E-state index contributed by atoms with van der Waals surface area (Å²) in [4.78, 5) is 21.5. The van der Waals surface area contributed by atoms with E-state index in [9.17, 15) is 14.3 Å². The van der Waals surface area contributed by atoms with Crippen LogP contribution in [0.2, 0.25) is 0 Å². The zero-order valence-corrected chi connectivity index (χ0v) is 15.2. The van der Waals surface area contributed by atoms with E-state index in [0.29, 0.717) is 11.3 Å². The third-order valence-electron chi connectivity index (χ3n) is 3.61. The van der Waals surface area contributed by atoms with E-state index in [4.69, 9.17) is 4.74 Å². The van der Waals surface area contributed by atoms with Gasteiger partial charge >= 0.3 is 0 Å². The summed E-state index contributed by atoms with van der Waals surface area (Å²) in [5.74, 6) is -0.692. The SMILES string of the molecule is CSc1cccc(Oc2ncc(F)cc2C(=O)Nc2ncccc2CO)c1. The highest BCUT2D eigenvalue weighted by Crippen LogP contribution is 2.27. The van der Waals surface area contributed by atoms with Gasteiger partial charge in [-0.3, -0.25) is 4.79 Å². The topological polar surface area (TPSA) is 84.3 Å². The molecule has 0 saturated heterocycles. The van der Waals surface area contributed by atoms with Gasteiger partial charge in [-0.05, 0) is 36.6 Å². The fraction of sp³-hybridized carbons (Fsp3) is 0.105. The van der Waals surface area contributed by atoms with Crippen molar-refractivity contribution in [2.75, 3.05) is 11.6 Å². The Morgan fingerprint density at radius 1 is 1.26 bits per heavy atom. The number of hydrogen-bond donors (Lipinski definition) is 2. The predicted molar refractivity (Wildman–Crippen MR) is 101 cm³/mol. The van der Waals surface area contributed by atoms with E-state index in [1.54, 1.807) is 36.0 Å². The van der Waals surface area contributed by atoms with Crippen molar-refractivity contribution >= 4 is 23.5 Å². The van der Waals surface area contributed by atoms with Crippen molar-refractivity contribution in [2.24, 2.45) is 0 Å². The number of benzene rings is 1. The summed E-state index contributed by atoms with van der Waals surface area (Å²) in [7, 11) is 0. The maximum Gasteiger partial charge on any atom is 0.262 e. The number of amides is 1. The standard InChI is InChI=1S/C19H16FN3O3S/c1-27-15-6-2-5-14(9-15)26-19-16(8-13(20)10-22-19)18(25)23-17-12(11-24)4-3-7-21-17/h2-10,24H,11H2,1H3,(H,21,23,25). The number of aromatic nitrogens is 2. The first-order valence-corrected chi connectivity index (χ1v) is 9.16. The zero-order chi connectivity index (χ0) is 19.2. The Kier molecular flexibility index (Phi) is 6.00. The number of nitrogens with one attached hydrogen (secondary N) is 1. The third kappa shape index (κ3) is 4.60. The average Bonchev–Trinajstić information content (AvgIpc) is 2.70. The first-order valence-electron chi connectivity index (χ1n) is 7.94. The molecule has 0 spiro atoms. The second-order valence-corrected chi connectivity index (χ2v) is 6.29. The van der Waals surface area contributed by atoms with Crippen LogP contribution in [0.25, 0.3) is 0 Å². The Labute approximate surface area is 159 Å². The monoisotopic (exact) mass is 385 g/mol. The molecule has 1 amide bonds. The van der Waals surface area contributed by atoms with E-state index in [2.05, 4.69) is 15.3 Å². The molecule has 0 atom stereocenters. The Hall–Kier alpha value is -2.97. The molecule has 0 aliphatic rings. The Morgan fingerprint density at radius 3 is 2.89 bits per heavy atom. The van der Waals surface area contributed by atoms with E-state index in [1.165, 1.54) is 6.20 Å². The lowest BCUT2D eigenvalue weighted by atomic mass is 10.2. The van der Waals surface area contributed by atoms with Gasteiger partial charge in [-0.15, -0.1) is 11.8 Å². The summed E-state index contributed by atoms with van der Waals surface area (Å²) in [5, 5.41) is 11.9. The number of rotatable bonds is 6. The average molecular weight is 385 g/mol. The number of carbonyl (C=O) groups excluding carboxylic acids is 1. The number of anilines is 1. The van der Waals surface area contributed by atoms with Gasteiger partial charge in [0.15, 0.2) is 0 Å². The first-order chi connectivity index (χ1) is 13.1.